The lowest BCUT2D eigenvalue weighted by Crippen LogP contribution is -2.36. The van der Waals surface area contributed by atoms with Gasteiger partial charge < -0.3 is 19.9 Å². The van der Waals surface area contributed by atoms with Crippen molar-refractivity contribution in [3.05, 3.63) is 87.8 Å². The number of anilines is 3. The second kappa shape index (κ2) is 8.46. The van der Waals surface area contributed by atoms with E-state index in [2.05, 4.69) is 15.2 Å². The van der Waals surface area contributed by atoms with Gasteiger partial charge in [0.1, 0.15) is 17.3 Å². The number of rotatable bonds is 5. The van der Waals surface area contributed by atoms with Crippen molar-refractivity contribution in [3.63, 3.8) is 0 Å². The van der Waals surface area contributed by atoms with Crippen molar-refractivity contribution in [2.75, 3.05) is 36.5 Å². The standard InChI is InChI=1S/C22H20F2N4O2/c23-16-2-1-3-17(24)21(16)27-18-8-9-26-22(29)19(18)20(25)14-4-6-15(7-5-14)28-10-12-30-13-11-28/h1-9,25H,10-13H2,(H2,26,27,29). The van der Waals surface area contributed by atoms with E-state index in [0.717, 1.165) is 30.9 Å². The predicted octanol–water partition coefficient (Wildman–Crippen LogP) is 3.65. The summed E-state index contributed by atoms with van der Waals surface area (Å²) in [5.41, 5.74) is 0.706. The van der Waals surface area contributed by atoms with Crippen LogP contribution in [0, 0.1) is 17.0 Å². The van der Waals surface area contributed by atoms with E-state index < -0.39 is 17.2 Å². The molecule has 3 aromatic rings. The molecule has 6 nitrogen and oxygen atoms in total. The number of ether oxygens (including phenoxy) is 1. The van der Waals surface area contributed by atoms with Crippen molar-refractivity contribution >= 4 is 22.8 Å². The molecule has 0 unspecified atom stereocenters. The average molecular weight is 410 g/mol. The van der Waals surface area contributed by atoms with Gasteiger partial charge in [-0.2, -0.15) is 0 Å². The molecule has 154 valence electrons. The van der Waals surface area contributed by atoms with Gasteiger partial charge in [0.25, 0.3) is 5.56 Å². The zero-order valence-corrected chi connectivity index (χ0v) is 16.0. The molecule has 1 aliphatic heterocycles. The number of hydrogen-bond acceptors (Lipinski definition) is 5. The summed E-state index contributed by atoms with van der Waals surface area (Å²) in [4.78, 5) is 17.2. The molecular weight excluding hydrogens is 390 g/mol. The number of halogens is 2. The number of hydrogen-bond donors (Lipinski definition) is 3. The third-order valence-corrected chi connectivity index (χ3v) is 4.97. The highest BCUT2D eigenvalue weighted by atomic mass is 19.1. The molecule has 0 saturated carbocycles. The molecule has 30 heavy (non-hydrogen) atoms. The summed E-state index contributed by atoms with van der Waals surface area (Å²) < 4.78 is 33.5. The molecule has 0 spiro atoms. The predicted molar refractivity (Wildman–Crippen MR) is 112 cm³/mol. The second-order valence-corrected chi connectivity index (χ2v) is 6.84. The van der Waals surface area contributed by atoms with Crippen molar-refractivity contribution in [2.24, 2.45) is 0 Å². The molecule has 1 fully saturated rings. The van der Waals surface area contributed by atoms with E-state index in [9.17, 15) is 13.6 Å². The van der Waals surface area contributed by atoms with Crippen LogP contribution >= 0.6 is 0 Å². The fraction of sp³-hybridized carbons (Fsp3) is 0.182. The Morgan fingerprint density at radius 2 is 1.70 bits per heavy atom. The first-order valence-corrected chi connectivity index (χ1v) is 9.49. The van der Waals surface area contributed by atoms with E-state index in [1.54, 1.807) is 12.1 Å². The molecule has 4 rings (SSSR count). The lowest BCUT2D eigenvalue weighted by atomic mass is 10.0. The van der Waals surface area contributed by atoms with Gasteiger partial charge >= 0.3 is 0 Å². The number of H-pyrrole nitrogens is 1. The molecule has 1 saturated heterocycles. The van der Waals surface area contributed by atoms with Crippen LogP contribution in [0.15, 0.2) is 59.5 Å². The zero-order valence-electron chi connectivity index (χ0n) is 16.0. The van der Waals surface area contributed by atoms with Crippen LogP contribution in [0.25, 0.3) is 0 Å². The van der Waals surface area contributed by atoms with Crippen LogP contribution < -0.4 is 15.8 Å². The highest BCUT2D eigenvalue weighted by Gasteiger charge is 2.18. The summed E-state index contributed by atoms with van der Waals surface area (Å²) in [5, 5.41) is 11.2. The summed E-state index contributed by atoms with van der Waals surface area (Å²) in [6, 6.07) is 12.2. The van der Waals surface area contributed by atoms with E-state index in [-0.39, 0.29) is 22.6 Å². The first-order chi connectivity index (χ1) is 14.5. The lowest BCUT2D eigenvalue weighted by molar-refractivity contribution is 0.122. The fourth-order valence-corrected chi connectivity index (χ4v) is 3.39. The quantitative estimate of drug-likeness (QED) is 0.561. The second-order valence-electron chi connectivity index (χ2n) is 6.84. The average Bonchev–Trinajstić information content (AvgIpc) is 2.77. The molecule has 2 heterocycles. The first kappa shape index (κ1) is 19.8. The van der Waals surface area contributed by atoms with Crippen LogP contribution in [0.2, 0.25) is 0 Å². The van der Waals surface area contributed by atoms with Crippen LogP contribution in [-0.2, 0) is 4.74 Å². The SMILES string of the molecule is N=C(c1ccc(N2CCOCC2)cc1)c1c(Nc2c(F)cccc2F)cc[nH]c1=O. The first-order valence-electron chi connectivity index (χ1n) is 9.49. The number of nitrogens with one attached hydrogen (secondary N) is 3. The van der Waals surface area contributed by atoms with E-state index in [1.165, 1.54) is 18.3 Å². The van der Waals surface area contributed by atoms with Gasteiger partial charge in [0.2, 0.25) is 0 Å². The number of nitrogens with zero attached hydrogens (tertiary/aromatic N) is 1. The van der Waals surface area contributed by atoms with Crippen molar-refractivity contribution in [2.45, 2.75) is 0 Å². The van der Waals surface area contributed by atoms with E-state index in [4.69, 9.17) is 10.1 Å². The van der Waals surface area contributed by atoms with Gasteiger partial charge in [-0.3, -0.25) is 10.2 Å². The number of aromatic amines is 1. The highest BCUT2D eigenvalue weighted by Crippen LogP contribution is 2.26. The van der Waals surface area contributed by atoms with Gasteiger partial charge in [-0.25, -0.2) is 8.78 Å². The Labute approximate surface area is 171 Å². The minimum absolute atomic E-state index is 0.000671. The summed E-state index contributed by atoms with van der Waals surface area (Å²) in [6.45, 7) is 2.91. The number of morpholine rings is 1. The number of aromatic nitrogens is 1. The van der Waals surface area contributed by atoms with Gasteiger partial charge in [-0.15, -0.1) is 0 Å². The summed E-state index contributed by atoms with van der Waals surface area (Å²) in [7, 11) is 0. The Balaban J connectivity index is 1.65. The van der Waals surface area contributed by atoms with Crippen LogP contribution in [-0.4, -0.2) is 37.0 Å². The Morgan fingerprint density at radius 1 is 1.03 bits per heavy atom. The maximum atomic E-state index is 14.1. The Kier molecular flexibility index (Phi) is 5.58. The molecule has 0 radical (unpaired) electrons. The molecule has 0 bridgehead atoms. The smallest absolute Gasteiger partial charge is 0.259 e. The molecule has 0 atom stereocenters. The maximum Gasteiger partial charge on any atom is 0.259 e. The minimum Gasteiger partial charge on any atom is -0.378 e. The van der Waals surface area contributed by atoms with Crippen LogP contribution in [0.5, 0.6) is 0 Å². The molecular formula is C22H20F2N4O2. The fourth-order valence-electron chi connectivity index (χ4n) is 3.39. The summed E-state index contributed by atoms with van der Waals surface area (Å²) in [6.07, 6.45) is 1.36. The maximum absolute atomic E-state index is 14.1. The van der Waals surface area contributed by atoms with Crippen LogP contribution in [0.4, 0.5) is 25.8 Å². The zero-order chi connectivity index (χ0) is 21.1. The van der Waals surface area contributed by atoms with Crippen molar-refractivity contribution in [3.8, 4) is 0 Å². The molecule has 3 N–H and O–H groups in total. The molecule has 1 aliphatic rings. The Morgan fingerprint density at radius 3 is 2.37 bits per heavy atom. The Hall–Kier alpha value is -3.52. The number of pyridine rings is 1. The molecule has 0 aliphatic carbocycles. The van der Waals surface area contributed by atoms with E-state index in [0.29, 0.717) is 18.8 Å². The van der Waals surface area contributed by atoms with Crippen molar-refractivity contribution in [1.82, 2.24) is 4.98 Å². The van der Waals surface area contributed by atoms with E-state index >= 15 is 0 Å². The highest BCUT2D eigenvalue weighted by molar-refractivity contribution is 6.14. The molecule has 0 amide bonds. The molecule has 8 heteroatoms. The molecule has 1 aromatic heterocycles. The number of benzene rings is 2. The van der Waals surface area contributed by atoms with E-state index in [1.807, 2.05) is 12.1 Å². The van der Waals surface area contributed by atoms with Gasteiger partial charge in [0.15, 0.2) is 0 Å². The Bertz CT molecular complexity index is 1100. The third-order valence-electron chi connectivity index (χ3n) is 4.97. The number of para-hydroxylation sites is 1. The van der Waals surface area contributed by atoms with Crippen molar-refractivity contribution in [1.29, 1.82) is 5.41 Å². The topological polar surface area (TPSA) is 81.2 Å². The summed E-state index contributed by atoms with van der Waals surface area (Å²) >= 11 is 0. The normalized spacial score (nSPS) is 13.9. The van der Waals surface area contributed by atoms with Gasteiger partial charge in [-0.1, -0.05) is 18.2 Å². The van der Waals surface area contributed by atoms with Crippen LogP contribution in [0.1, 0.15) is 11.1 Å². The van der Waals surface area contributed by atoms with Gasteiger partial charge in [0.05, 0.1) is 30.2 Å². The van der Waals surface area contributed by atoms with Gasteiger partial charge in [-0.05, 0) is 30.3 Å². The molecule has 2 aromatic carbocycles. The lowest BCUT2D eigenvalue weighted by Gasteiger charge is -2.29. The van der Waals surface area contributed by atoms with Crippen molar-refractivity contribution < 1.29 is 13.5 Å². The third kappa shape index (κ3) is 3.95. The minimum atomic E-state index is -0.789. The largest absolute Gasteiger partial charge is 0.378 e. The van der Waals surface area contributed by atoms with Crippen LogP contribution in [0.3, 0.4) is 0 Å². The summed E-state index contributed by atoms with van der Waals surface area (Å²) in [5.74, 6) is -1.58. The monoisotopic (exact) mass is 410 g/mol. The van der Waals surface area contributed by atoms with Gasteiger partial charge in [0, 0.05) is 30.5 Å².